The van der Waals surface area contributed by atoms with Crippen molar-refractivity contribution in [3.63, 3.8) is 0 Å². The highest BCUT2D eigenvalue weighted by Gasteiger charge is 2.49. The second-order valence-corrected chi connectivity index (χ2v) is 13.0. The fourth-order valence-corrected chi connectivity index (χ4v) is 7.77. The number of rotatable bonds is 5. The first-order chi connectivity index (χ1) is 22.5. The van der Waals surface area contributed by atoms with Crippen LogP contribution in [0.5, 0.6) is 0 Å². The fourth-order valence-electron chi connectivity index (χ4n) is 7.77. The van der Waals surface area contributed by atoms with Gasteiger partial charge in [-0.1, -0.05) is 116 Å². The Labute approximate surface area is 271 Å². The van der Waals surface area contributed by atoms with Crippen molar-refractivity contribution in [2.24, 2.45) is 23.2 Å². The third-order valence-electron chi connectivity index (χ3n) is 10.1. The van der Waals surface area contributed by atoms with E-state index in [4.69, 9.17) is 19.9 Å². The van der Waals surface area contributed by atoms with Gasteiger partial charge in [-0.05, 0) is 84.4 Å². The van der Waals surface area contributed by atoms with Crippen LogP contribution in [0.2, 0.25) is 0 Å². The Morgan fingerprint density at radius 2 is 1.35 bits per heavy atom. The molecule has 4 unspecified atom stereocenters. The van der Waals surface area contributed by atoms with Gasteiger partial charge in [0, 0.05) is 28.5 Å². The lowest BCUT2D eigenvalue weighted by atomic mass is 9.51. The number of pyridine rings is 1. The van der Waals surface area contributed by atoms with E-state index in [1.807, 2.05) is 30.5 Å². The minimum absolute atomic E-state index is 0.0352. The Morgan fingerprint density at radius 1 is 0.630 bits per heavy atom. The third kappa shape index (κ3) is 5.14. The second kappa shape index (κ2) is 11.6. The van der Waals surface area contributed by atoms with E-state index in [-0.39, 0.29) is 5.41 Å². The molecule has 5 atom stereocenters. The van der Waals surface area contributed by atoms with E-state index in [2.05, 4.69) is 129 Å². The van der Waals surface area contributed by atoms with Crippen molar-refractivity contribution in [2.75, 3.05) is 0 Å². The summed E-state index contributed by atoms with van der Waals surface area (Å²) in [7, 11) is 0. The highest BCUT2D eigenvalue weighted by atomic mass is 15.0. The fraction of sp³-hybridized carbons (Fsp3) is 0.190. The zero-order valence-electron chi connectivity index (χ0n) is 26.2. The van der Waals surface area contributed by atoms with Gasteiger partial charge in [0.25, 0.3) is 0 Å². The number of hydrogen-bond donors (Lipinski definition) is 0. The molecule has 1 saturated carbocycles. The number of benzene rings is 3. The molecule has 4 heteroatoms. The number of aryl methyl sites for hydroxylation is 1. The van der Waals surface area contributed by atoms with E-state index >= 15 is 0 Å². The number of nitrogens with zero attached hydrogens (tertiary/aromatic N) is 4. The Bertz CT molecular complexity index is 2020. The minimum atomic E-state index is -0.0352. The van der Waals surface area contributed by atoms with Gasteiger partial charge in [-0.25, -0.2) is 15.0 Å². The van der Waals surface area contributed by atoms with Crippen LogP contribution in [0.15, 0.2) is 146 Å². The van der Waals surface area contributed by atoms with Gasteiger partial charge in [-0.15, -0.1) is 0 Å². The zero-order chi connectivity index (χ0) is 31.1. The van der Waals surface area contributed by atoms with Crippen LogP contribution in [0.4, 0.5) is 0 Å². The first-order valence-electron chi connectivity index (χ1n) is 16.2. The van der Waals surface area contributed by atoms with Crippen LogP contribution >= 0.6 is 0 Å². The topological polar surface area (TPSA) is 51.6 Å². The summed E-state index contributed by atoms with van der Waals surface area (Å²) in [6.07, 6.45) is 21.6. The molecule has 2 heterocycles. The van der Waals surface area contributed by atoms with Gasteiger partial charge in [0.15, 0.2) is 17.5 Å². The molecule has 3 aliphatic carbocycles. The van der Waals surface area contributed by atoms with E-state index in [1.54, 1.807) is 0 Å². The Balaban J connectivity index is 1.33. The van der Waals surface area contributed by atoms with Crippen LogP contribution < -0.4 is 0 Å². The molecule has 224 valence electrons. The van der Waals surface area contributed by atoms with Crippen molar-refractivity contribution in [1.82, 2.24) is 19.9 Å². The lowest BCUT2D eigenvalue weighted by Crippen LogP contribution is -2.44. The Hall–Kier alpha value is -5.22. The van der Waals surface area contributed by atoms with Crippen molar-refractivity contribution in [3.05, 3.63) is 157 Å². The number of hydrogen-bond acceptors (Lipinski definition) is 4. The summed E-state index contributed by atoms with van der Waals surface area (Å²) in [5, 5.41) is 0. The van der Waals surface area contributed by atoms with E-state index < -0.39 is 0 Å². The standard InChI is InChI=1S/C42H36N4/c1-28-13-12-17-31(23-28)40-44-39(29-14-4-3-5-15-29)45-41(46-40)34-25-32(24-33(26-34)38-20-9-11-22-43-38)37-27-30-16-6-7-18-35(30)36-19-8-10-21-42(36,37)2/h3-26,30,35-37H,27H2,1-2H3/t30?,35?,36?,37?,42-/m0/s1. The molecular formula is C42H36N4. The van der Waals surface area contributed by atoms with E-state index in [9.17, 15) is 0 Å². The predicted molar refractivity (Wildman–Crippen MR) is 187 cm³/mol. The van der Waals surface area contributed by atoms with Crippen LogP contribution in [0.3, 0.4) is 0 Å². The summed E-state index contributed by atoms with van der Waals surface area (Å²) in [5.41, 5.74) is 7.36. The monoisotopic (exact) mass is 596 g/mol. The second-order valence-electron chi connectivity index (χ2n) is 13.0. The largest absolute Gasteiger partial charge is 0.256 e. The van der Waals surface area contributed by atoms with Crippen LogP contribution in [-0.2, 0) is 0 Å². The van der Waals surface area contributed by atoms with Crippen LogP contribution in [-0.4, -0.2) is 19.9 Å². The predicted octanol–water partition coefficient (Wildman–Crippen LogP) is 9.84. The average Bonchev–Trinajstić information content (AvgIpc) is 3.11. The average molecular weight is 597 g/mol. The molecule has 0 spiro atoms. The molecule has 1 fully saturated rings. The smallest absolute Gasteiger partial charge is 0.164 e. The lowest BCUT2D eigenvalue weighted by Gasteiger charge is -2.52. The van der Waals surface area contributed by atoms with Crippen molar-refractivity contribution < 1.29 is 0 Å². The van der Waals surface area contributed by atoms with Crippen LogP contribution in [0.25, 0.3) is 45.4 Å². The van der Waals surface area contributed by atoms with Crippen molar-refractivity contribution >= 4 is 0 Å². The maximum Gasteiger partial charge on any atom is 0.164 e. The van der Waals surface area contributed by atoms with Crippen LogP contribution in [0, 0.1) is 30.1 Å². The lowest BCUT2D eigenvalue weighted by molar-refractivity contribution is 0.101. The van der Waals surface area contributed by atoms with Crippen molar-refractivity contribution in [1.29, 1.82) is 0 Å². The molecule has 0 aliphatic heterocycles. The number of fused-ring (bicyclic) bond motifs is 3. The molecule has 46 heavy (non-hydrogen) atoms. The Kier molecular flexibility index (Phi) is 7.14. The van der Waals surface area contributed by atoms with Gasteiger partial charge < -0.3 is 0 Å². The quantitative estimate of drug-likeness (QED) is 0.203. The van der Waals surface area contributed by atoms with Gasteiger partial charge in [-0.3, -0.25) is 4.98 Å². The molecular weight excluding hydrogens is 560 g/mol. The van der Waals surface area contributed by atoms with E-state index in [0.29, 0.717) is 41.1 Å². The van der Waals surface area contributed by atoms with E-state index in [1.165, 1.54) is 11.1 Å². The summed E-state index contributed by atoms with van der Waals surface area (Å²) < 4.78 is 0. The summed E-state index contributed by atoms with van der Waals surface area (Å²) in [5.74, 6) is 3.70. The third-order valence-corrected chi connectivity index (χ3v) is 10.1. The highest BCUT2D eigenvalue weighted by molar-refractivity contribution is 5.72. The zero-order valence-corrected chi connectivity index (χ0v) is 26.2. The molecule has 4 nitrogen and oxygen atoms in total. The van der Waals surface area contributed by atoms with Gasteiger partial charge in [-0.2, -0.15) is 0 Å². The molecule has 3 aliphatic rings. The molecule has 5 aromatic rings. The molecule has 0 radical (unpaired) electrons. The summed E-state index contributed by atoms with van der Waals surface area (Å²) in [6.45, 7) is 4.55. The van der Waals surface area contributed by atoms with Crippen LogP contribution in [0.1, 0.15) is 30.4 Å². The number of aromatic nitrogens is 4. The molecule has 0 bridgehead atoms. The van der Waals surface area contributed by atoms with E-state index in [0.717, 1.165) is 34.4 Å². The molecule has 0 N–H and O–H groups in total. The molecule has 8 rings (SSSR count). The first-order valence-corrected chi connectivity index (χ1v) is 16.2. The maximum atomic E-state index is 5.14. The Morgan fingerprint density at radius 3 is 2.15 bits per heavy atom. The van der Waals surface area contributed by atoms with Gasteiger partial charge >= 0.3 is 0 Å². The summed E-state index contributed by atoms with van der Waals surface area (Å²) >= 11 is 0. The van der Waals surface area contributed by atoms with Gasteiger partial charge in [0.05, 0.1) is 5.69 Å². The molecule has 0 saturated heterocycles. The summed E-state index contributed by atoms with van der Waals surface area (Å²) in [4.78, 5) is 20.0. The molecule has 2 aromatic heterocycles. The van der Waals surface area contributed by atoms with Gasteiger partial charge in [0.2, 0.25) is 0 Å². The first kappa shape index (κ1) is 28.3. The van der Waals surface area contributed by atoms with Crippen molar-refractivity contribution in [3.8, 4) is 45.4 Å². The highest BCUT2D eigenvalue weighted by Crippen LogP contribution is 2.58. The molecule has 0 amide bonds. The van der Waals surface area contributed by atoms with Gasteiger partial charge in [0.1, 0.15) is 0 Å². The normalized spacial score (nSPS) is 24.4. The van der Waals surface area contributed by atoms with Crippen molar-refractivity contribution in [2.45, 2.75) is 26.2 Å². The number of allylic oxidation sites excluding steroid dienone is 8. The summed E-state index contributed by atoms with van der Waals surface area (Å²) in [6, 6.07) is 31.6. The minimum Gasteiger partial charge on any atom is -0.256 e. The SMILES string of the molecule is Cc1cccc(-c2nc(-c3ccccc3)nc(-c3cc(-c4ccccn4)cc(C4CC5C=CC=CC5C5C=CC=C[C@]45C)c3)n2)c1. The maximum absolute atomic E-state index is 5.14. The molecule has 3 aromatic carbocycles.